The summed E-state index contributed by atoms with van der Waals surface area (Å²) in [4.78, 5) is 1.33. The van der Waals surface area contributed by atoms with Crippen LogP contribution in [-0.4, -0.2) is 5.75 Å². The van der Waals surface area contributed by atoms with Crippen molar-refractivity contribution in [1.82, 2.24) is 0 Å². The zero-order valence-electron chi connectivity index (χ0n) is 16.4. The predicted octanol–water partition coefficient (Wildman–Crippen LogP) is 7.87. The van der Waals surface area contributed by atoms with Crippen LogP contribution < -0.4 is 5.32 Å². The molecule has 0 fully saturated rings. The average Bonchev–Trinajstić information content (AvgIpc) is 2.62. The maximum absolute atomic E-state index is 3.51. The van der Waals surface area contributed by atoms with E-state index >= 15 is 0 Å². The smallest absolute Gasteiger partial charge is 0.0385 e. The molecule has 0 aliphatic carbocycles. The van der Waals surface area contributed by atoms with E-state index in [1.807, 2.05) is 61.2 Å². The zero-order valence-corrected chi connectivity index (χ0v) is 17.2. The molecule has 1 nitrogen and oxygen atoms in total. The molecular weight excluding hydrogens is 334 g/mol. The number of thioether (sulfide) groups is 1. The third kappa shape index (κ3) is 10.6. The molecule has 1 N–H and O–H groups in total. The maximum atomic E-state index is 3.51. The van der Waals surface area contributed by atoms with Crippen LogP contribution >= 0.6 is 11.8 Å². The van der Waals surface area contributed by atoms with E-state index in [1.54, 1.807) is 6.08 Å². The van der Waals surface area contributed by atoms with Gasteiger partial charge in [-0.1, -0.05) is 75.9 Å². The van der Waals surface area contributed by atoms with E-state index in [0.29, 0.717) is 5.41 Å². The normalized spacial score (nSPS) is 11.2. The lowest BCUT2D eigenvalue weighted by Gasteiger charge is -2.17. The molecule has 0 unspecified atom stereocenters. The van der Waals surface area contributed by atoms with Gasteiger partial charge in [-0.25, -0.2) is 0 Å². The molecule has 2 rings (SSSR count). The minimum atomic E-state index is 0.367. The van der Waals surface area contributed by atoms with Crippen LogP contribution in [0.1, 0.15) is 27.7 Å². The molecule has 0 aliphatic heterocycles. The summed E-state index contributed by atoms with van der Waals surface area (Å²) in [6.07, 6.45) is 9.51. The number of hydrogen-bond acceptors (Lipinski definition) is 2. The zero-order chi connectivity index (χ0) is 19.3. The Bertz CT molecular complexity index is 676. The van der Waals surface area contributed by atoms with Crippen LogP contribution in [0.25, 0.3) is 0 Å². The summed E-state index contributed by atoms with van der Waals surface area (Å²) in [5, 5.41) is 3.39. The molecule has 2 aromatic rings. The summed E-state index contributed by atoms with van der Waals surface area (Å²) in [5.74, 6) is 1.14. The van der Waals surface area contributed by atoms with Gasteiger partial charge in [0, 0.05) is 22.0 Å². The van der Waals surface area contributed by atoms with E-state index in [0.717, 1.165) is 17.1 Å². The Balaban J connectivity index is 0.000000412. The molecule has 0 spiro atoms. The fourth-order valence-corrected chi connectivity index (χ4v) is 2.80. The number of nitrogens with one attached hydrogen (secondary N) is 1. The molecule has 2 aromatic carbocycles. The van der Waals surface area contributed by atoms with Gasteiger partial charge in [0.1, 0.15) is 0 Å². The van der Waals surface area contributed by atoms with Crippen LogP contribution in [0, 0.1) is 5.41 Å². The summed E-state index contributed by atoms with van der Waals surface area (Å²) >= 11 is 1.91. The first-order valence-electron chi connectivity index (χ1n) is 8.90. The van der Waals surface area contributed by atoms with E-state index in [4.69, 9.17) is 0 Å². The molecule has 0 amide bonds. The van der Waals surface area contributed by atoms with Gasteiger partial charge in [0.15, 0.2) is 0 Å². The number of hydrogen-bond donors (Lipinski definition) is 1. The van der Waals surface area contributed by atoms with Crippen molar-refractivity contribution in [3.05, 3.63) is 91.6 Å². The Hall–Kier alpha value is -2.19. The number of rotatable bonds is 6. The predicted molar refractivity (Wildman–Crippen MR) is 120 cm³/mol. The van der Waals surface area contributed by atoms with Crippen LogP contribution in [0.3, 0.4) is 0 Å². The highest BCUT2D eigenvalue weighted by atomic mass is 32.2. The van der Waals surface area contributed by atoms with Crippen molar-refractivity contribution in [1.29, 1.82) is 0 Å². The molecule has 0 saturated carbocycles. The first-order chi connectivity index (χ1) is 12.4. The molecule has 26 heavy (non-hydrogen) atoms. The topological polar surface area (TPSA) is 12.0 Å². The average molecular weight is 366 g/mol. The molecule has 138 valence electrons. The molecule has 0 heterocycles. The van der Waals surface area contributed by atoms with E-state index in [2.05, 4.69) is 69.1 Å². The highest BCUT2D eigenvalue weighted by Crippen LogP contribution is 2.28. The lowest BCUT2D eigenvalue weighted by Crippen LogP contribution is -2.07. The number of anilines is 2. The van der Waals surface area contributed by atoms with E-state index in [9.17, 15) is 0 Å². The highest BCUT2D eigenvalue weighted by Gasteiger charge is 2.10. The third-order valence-electron chi connectivity index (χ3n) is 3.14. The monoisotopic (exact) mass is 365 g/mol. The fourth-order valence-electron chi connectivity index (χ4n) is 1.88. The second-order valence-electron chi connectivity index (χ2n) is 7.01. The fraction of sp³-hybridized carbons (Fsp3) is 0.250. The van der Waals surface area contributed by atoms with Crippen LogP contribution in [-0.2, 0) is 0 Å². The summed E-state index contributed by atoms with van der Waals surface area (Å²) in [6, 6.07) is 18.9. The molecular formula is C24H31NS. The van der Waals surface area contributed by atoms with E-state index in [-0.39, 0.29) is 0 Å². The van der Waals surface area contributed by atoms with Crippen molar-refractivity contribution in [3.8, 4) is 0 Å². The van der Waals surface area contributed by atoms with Crippen LogP contribution in [0.15, 0.2) is 96.5 Å². The van der Waals surface area contributed by atoms with Gasteiger partial charge in [0.2, 0.25) is 0 Å². The Morgan fingerprint density at radius 1 is 0.885 bits per heavy atom. The first-order valence-corrected chi connectivity index (χ1v) is 9.88. The number of benzene rings is 2. The quantitative estimate of drug-likeness (QED) is 0.413. The first kappa shape index (κ1) is 21.9. The van der Waals surface area contributed by atoms with Crippen molar-refractivity contribution in [3.63, 3.8) is 0 Å². The van der Waals surface area contributed by atoms with Crippen LogP contribution in [0.2, 0.25) is 0 Å². The standard InChI is InChI=1S/C17H21NS.C7H10/c1-17(2,3)13-19-16-11-9-15(10-12-16)18-14-7-5-4-6-8-14;1-3-5-7-6-4-2/h4-12,18H,13H2,1-3H3;3-7H,1H2,2H3/b;6-4-,7-5-. The van der Waals surface area contributed by atoms with Gasteiger partial charge in [0.25, 0.3) is 0 Å². The SMILES string of the molecule is C=C/C=C\C=C/C.CC(C)(C)CSc1ccc(Nc2ccccc2)cc1. The molecule has 0 saturated heterocycles. The van der Waals surface area contributed by atoms with Crippen molar-refractivity contribution in [2.24, 2.45) is 5.41 Å². The minimum Gasteiger partial charge on any atom is -0.356 e. The minimum absolute atomic E-state index is 0.367. The van der Waals surface area contributed by atoms with E-state index < -0.39 is 0 Å². The molecule has 0 aromatic heterocycles. The summed E-state index contributed by atoms with van der Waals surface area (Å²) in [7, 11) is 0. The molecule has 0 aliphatic rings. The van der Waals surface area contributed by atoms with Gasteiger partial charge in [-0.05, 0) is 48.7 Å². The Kier molecular flexibility index (Phi) is 10.3. The largest absolute Gasteiger partial charge is 0.356 e. The number of allylic oxidation sites excluding steroid dienone is 5. The molecule has 0 bridgehead atoms. The third-order valence-corrected chi connectivity index (χ3v) is 4.76. The summed E-state index contributed by atoms with van der Waals surface area (Å²) in [5.41, 5.74) is 2.62. The van der Waals surface area contributed by atoms with Gasteiger partial charge in [-0.2, -0.15) is 0 Å². The Labute approximate surface area is 163 Å². The van der Waals surface area contributed by atoms with Gasteiger partial charge in [0.05, 0.1) is 0 Å². The van der Waals surface area contributed by atoms with Crippen molar-refractivity contribution >= 4 is 23.1 Å². The van der Waals surface area contributed by atoms with Crippen LogP contribution in [0.5, 0.6) is 0 Å². The Morgan fingerprint density at radius 2 is 1.50 bits per heavy atom. The van der Waals surface area contributed by atoms with Gasteiger partial charge < -0.3 is 5.32 Å². The lowest BCUT2D eigenvalue weighted by molar-refractivity contribution is 0.481. The summed E-state index contributed by atoms with van der Waals surface area (Å²) < 4.78 is 0. The van der Waals surface area contributed by atoms with Crippen molar-refractivity contribution < 1.29 is 0 Å². The van der Waals surface area contributed by atoms with Gasteiger partial charge in [-0.3, -0.25) is 0 Å². The van der Waals surface area contributed by atoms with Gasteiger partial charge >= 0.3 is 0 Å². The second kappa shape index (κ2) is 12.2. The summed E-state index contributed by atoms with van der Waals surface area (Å²) in [6.45, 7) is 12.3. The second-order valence-corrected chi connectivity index (χ2v) is 8.06. The maximum Gasteiger partial charge on any atom is 0.0385 e. The Morgan fingerprint density at radius 3 is 2.04 bits per heavy atom. The molecule has 2 heteroatoms. The van der Waals surface area contributed by atoms with Crippen molar-refractivity contribution in [2.75, 3.05) is 11.1 Å². The van der Waals surface area contributed by atoms with Gasteiger partial charge in [-0.15, -0.1) is 11.8 Å². The van der Waals surface area contributed by atoms with Crippen LogP contribution in [0.4, 0.5) is 11.4 Å². The molecule has 0 atom stereocenters. The molecule has 0 radical (unpaired) electrons. The van der Waals surface area contributed by atoms with Crippen molar-refractivity contribution in [2.45, 2.75) is 32.6 Å². The van der Waals surface area contributed by atoms with E-state index in [1.165, 1.54) is 4.90 Å². The number of para-hydroxylation sites is 1. The lowest BCUT2D eigenvalue weighted by atomic mass is 10.0. The highest BCUT2D eigenvalue weighted by molar-refractivity contribution is 7.99.